The summed E-state index contributed by atoms with van der Waals surface area (Å²) in [6.07, 6.45) is 5.52. The Morgan fingerprint density at radius 1 is 1.15 bits per heavy atom. The molecule has 7 heteroatoms. The van der Waals surface area contributed by atoms with Gasteiger partial charge in [0.15, 0.2) is 0 Å². The number of thioether (sulfide) groups is 1. The van der Waals surface area contributed by atoms with Crippen molar-refractivity contribution in [2.45, 2.75) is 0 Å². The second-order valence-electron chi connectivity index (χ2n) is 5.62. The van der Waals surface area contributed by atoms with Crippen LogP contribution in [0, 0.1) is 0 Å². The zero-order valence-electron chi connectivity index (χ0n) is 14.2. The molecule has 1 heterocycles. The Labute approximate surface area is 166 Å². The fraction of sp³-hybridized carbons (Fsp3) is 0.0500. The van der Waals surface area contributed by atoms with Crippen molar-refractivity contribution in [2.24, 2.45) is 0 Å². The normalized spacial score (nSPS) is 15.7. The Kier molecular flexibility index (Phi) is 6.05. The number of hydrogen-bond donors (Lipinski definition) is 2. The molecule has 136 valence electrons. The van der Waals surface area contributed by atoms with Crippen LogP contribution in [0.25, 0.3) is 6.08 Å². The van der Waals surface area contributed by atoms with Gasteiger partial charge >= 0.3 is 5.97 Å². The fourth-order valence-electron chi connectivity index (χ4n) is 2.36. The van der Waals surface area contributed by atoms with Crippen molar-refractivity contribution in [1.29, 1.82) is 0 Å². The van der Waals surface area contributed by atoms with E-state index < -0.39 is 5.97 Å². The molecule has 1 aliphatic rings. The number of thiocarbonyl (C=S) groups is 1. The van der Waals surface area contributed by atoms with Crippen molar-refractivity contribution < 1.29 is 14.7 Å². The first kappa shape index (κ1) is 18.9. The molecule has 2 N–H and O–H groups in total. The van der Waals surface area contributed by atoms with Crippen molar-refractivity contribution in [1.82, 2.24) is 4.90 Å². The lowest BCUT2D eigenvalue weighted by atomic mass is 10.2. The maximum atomic E-state index is 12.5. The molecule has 0 aliphatic carbocycles. The van der Waals surface area contributed by atoms with Crippen LogP contribution in [0.15, 0.2) is 71.7 Å². The van der Waals surface area contributed by atoms with Gasteiger partial charge in [-0.1, -0.05) is 66.5 Å². The molecule has 0 aromatic heterocycles. The molecule has 27 heavy (non-hydrogen) atoms. The third kappa shape index (κ3) is 4.84. The van der Waals surface area contributed by atoms with Crippen molar-refractivity contribution in [3.63, 3.8) is 0 Å². The number of nitrogens with zero attached hydrogens (tertiary/aromatic N) is 1. The number of carboxylic acids is 1. The van der Waals surface area contributed by atoms with Crippen molar-refractivity contribution in [3.8, 4) is 0 Å². The zero-order chi connectivity index (χ0) is 19.2. The number of carbonyl (C=O) groups is 2. The summed E-state index contributed by atoms with van der Waals surface area (Å²) in [7, 11) is 0. The van der Waals surface area contributed by atoms with Crippen LogP contribution in [-0.4, -0.2) is 32.9 Å². The van der Waals surface area contributed by atoms with Crippen LogP contribution < -0.4 is 5.32 Å². The van der Waals surface area contributed by atoms with Gasteiger partial charge in [-0.2, -0.15) is 0 Å². The Bertz CT molecular complexity index is 922. The van der Waals surface area contributed by atoms with Gasteiger partial charge in [-0.25, -0.2) is 4.79 Å². The number of anilines is 1. The van der Waals surface area contributed by atoms with E-state index in [1.807, 2.05) is 42.5 Å². The molecule has 1 amide bonds. The Hall–Kier alpha value is -2.90. The number of carboxylic acid groups (broad SMARTS) is 1. The molecule has 5 nitrogen and oxygen atoms in total. The minimum absolute atomic E-state index is 0.155. The van der Waals surface area contributed by atoms with Gasteiger partial charge in [0.1, 0.15) is 4.32 Å². The van der Waals surface area contributed by atoms with Gasteiger partial charge in [-0.15, -0.1) is 0 Å². The number of hydrogen-bond acceptors (Lipinski definition) is 5. The van der Waals surface area contributed by atoms with E-state index in [0.717, 1.165) is 5.56 Å². The maximum Gasteiger partial charge on any atom is 0.335 e. The monoisotopic (exact) mass is 396 g/mol. The number of carbonyl (C=O) groups excluding carboxylic acids is 1. The number of amides is 1. The standard InChI is InChI=1S/C20H16N2O3S2/c23-18-17(8-4-7-14-5-2-1-3-6-14)27-20(26)22(18)13-21-16-11-9-15(10-12-16)19(24)25/h1-12,21H,13H2,(H,24,25). The lowest BCUT2D eigenvalue weighted by Crippen LogP contribution is -2.33. The highest BCUT2D eigenvalue weighted by Gasteiger charge is 2.31. The van der Waals surface area contributed by atoms with E-state index in [-0.39, 0.29) is 18.1 Å². The first-order valence-electron chi connectivity index (χ1n) is 8.09. The second-order valence-corrected chi connectivity index (χ2v) is 7.30. The van der Waals surface area contributed by atoms with E-state index in [9.17, 15) is 9.59 Å². The molecule has 3 rings (SSSR count). The summed E-state index contributed by atoms with van der Waals surface area (Å²) >= 11 is 6.55. The van der Waals surface area contributed by atoms with E-state index in [1.54, 1.807) is 18.2 Å². The maximum absolute atomic E-state index is 12.5. The van der Waals surface area contributed by atoms with Crippen LogP contribution in [-0.2, 0) is 4.79 Å². The Balaban J connectivity index is 1.61. The summed E-state index contributed by atoms with van der Waals surface area (Å²) in [5, 5.41) is 12.0. The molecule has 0 atom stereocenters. The molecular weight excluding hydrogens is 380 g/mol. The number of allylic oxidation sites excluding steroid dienone is 2. The molecule has 0 bridgehead atoms. The molecule has 2 aromatic rings. The molecule has 2 aromatic carbocycles. The lowest BCUT2D eigenvalue weighted by Gasteiger charge is -2.16. The highest BCUT2D eigenvalue weighted by Crippen LogP contribution is 2.30. The highest BCUT2D eigenvalue weighted by molar-refractivity contribution is 8.26. The molecule has 1 aliphatic heterocycles. The summed E-state index contributed by atoms with van der Waals surface area (Å²) in [5.74, 6) is -1.13. The smallest absolute Gasteiger partial charge is 0.335 e. The van der Waals surface area contributed by atoms with Crippen molar-refractivity contribution in [3.05, 3.63) is 82.8 Å². The number of rotatable bonds is 6. The van der Waals surface area contributed by atoms with E-state index in [4.69, 9.17) is 17.3 Å². The Morgan fingerprint density at radius 2 is 1.85 bits per heavy atom. The first-order valence-corrected chi connectivity index (χ1v) is 9.31. The molecule has 1 fully saturated rings. The number of benzene rings is 2. The van der Waals surface area contributed by atoms with Gasteiger partial charge in [-0.05, 0) is 35.9 Å². The molecule has 0 spiro atoms. The largest absolute Gasteiger partial charge is 0.478 e. The average Bonchev–Trinajstić information content (AvgIpc) is 2.94. The average molecular weight is 396 g/mol. The van der Waals surface area contributed by atoms with Crippen LogP contribution in [0.2, 0.25) is 0 Å². The van der Waals surface area contributed by atoms with Gasteiger partial charge in [0.25, 0.3) is 5.91 Å². The minimum atomic E-state index is -0.979. The predicted molar refractivity (Wildman–Crippen MR) is 112 cm³/mol. The first-order chi connectivity index (χ1) is 13.0. The highest BCUT2D eigenvalue weighted by atomic mass is 32.2. The van der Waals surface area contributed by atoms with Gasteiger partial charge in [0.05, 0.1) is 17.1 Å². The third-order valence-electron chi connectivity index (χ3n) is 3.78. The number of aromatic carboxylic acids is 1. The molecule has 0 saturated carbocycles. The topological polar surface area (TPSA) is 69.6 Å². The SMILES string of the molecule is O=C(O)c1ccc(NCN2C(=O)C(=CC=Cc3ccccc3)SC2=S)cc1. The van der Waals surface area contributed by atoms with Gasteiger partial charge in [0.2, 0.25) is 0 Å². The van der Waals surface area contributed by atoms with E-state index in [2.05, 4.69) is 5.32 Å². The molecule has 0 radical (unpaired) electrons. The van der Waals surface area contributed by atoms with Gasteiger partial charge in [-0.3, -0.25) is 9.69 Å². The summed E-state index contributed by atoms with van der Waals surface area (Å²) in [4.78, 5) is 25.4. The quantitative estimate of drug-likeness (QED) is 0.563. The second kappa shape index (κ2) is 8.66. The Morgan fingerprint density at radius 3 is 2.52 bits per heavy atom. The molecule has 1 saturated heterocycles. The van der Waals surface area contributed by atoms with Crippen LogP contribution in [0.4, 0.5) is 5.69 Å². The molecule has 0 unspecified atom stereocenters. The lowest BCUT2D eigenvalue weighted by molar-refractivity contribution is -0.121. The van der Waals surface area contributed by atoms with Crippen molar-refractivity contribution in [2.75, 3.05) is 12.0 Å². The fourth-order valence-corrected chi connectivity index (χ4v) is 3.57. The van der Waals surface area contributed by atoms with Crippen molar-refractivity contribution >= 4 is 51.9 Å². The minimum Gasteiger partial charge on any atom is -0.478 e. The van der Waals surface area contributed by atoms with Gasteiger partial charge < -0.3 is 10.4 Å². The summed E-state index contributed by atoms with van der Waals surface area (Å²) in [5.41, 5.74) is 1.97. The zero-order valence-corrected chi connectivity index (χ0v) is 15.8. The van der Waals surface area contributed by atoms with Crippen LogP contribution >= 0.6 is 24.0 Å². The number of nitrogens with one attached hydrogen (secondary N) is 1. The van der Waals surface area contributed by atoms with E-state index >= 15 is 0 Å². The van der Waals surface area contributed by atoms with Crippen LogP contribution in [0.3, 0.4) is 0 Å². The van der Waals surface area contributed by atoms with Gasteiger partial charge in [0, 0.05) is 5.69 Å². The third-order valence-corrected chi connectivity index (χ3v) is 5.18. The van der Waals surface area contributed by atoms with E-state index in [0.29, 0.717) is 14.9 Å². The molecular formula is C20H16N2O3S2. The van der Waals surface area contributed by atoms with Crippen LogP contribution in [0.5, 0.6) is 0 Å². The predicted octanol–water partition coefficient (Wildman–Crippen LogP) is 4.21. The summed E-state index contributed by atoms with van der Waals surface area (Å²) in [6, 6.07) is 16.1. The van der Waals surface area contributed by atoms with E-state index in [1.165, 1.54) is 28.8 Å². The summed E-state index contributed by atoms with van der Waals surface area (Å²) in [6.45, 7) is 0.219. The summed E-state index contributed by atoms with van der Waals surface area (Å²) < 4.78 is 0.481. The van der Waals surface area contributed by atoms with Crippen LogP contribution in [0.1, 0.15) is 15.9 Å².